The lowest BCUT2D eigenvalue weighted by atomic mass is 10.2. The molecular formula is C13H21N3O4. The molecule has 112 valence electrons. The Balaban J connectivity index is 1.64. The van der Waals surface area contributed by atoms with Gasteiger partial charge in [-0.25, -0.2) is 0 Å². The molecule has 1 aliphatic rings. The van der Waals surface area contributed by atoms with E-state index in [1.807, 2.05) is 0 Å². The Kier molecular flexibility index (Phi) is 5.37. The first-order chi connectivity index (χ1) is 9.65. The lowest BCUT2D eigenvalue weighted by Crippen LogP contribution is -2.47. The summed E-state index contributed by atoms with van der Waals surface area (Å²) >= 11 is 0. The summed E-state index contributed by atoms with van der Waals surface area (Å²) in [6.07, 6.45) is 0. The molecule has 0 bridgehead atoms. The zero-order valence-electron chi connectivity index (χ0n) is 11.9. The average molecular weight is 283 g/mol. The van der Waals surface area contributed by atoms with Crippen LogP contribution in [0.1, 0.15) is 12.7 Å². The molecule has 2 rings (SSSR count). The van der Waals surface area contributed by atoms with Crippen molar-refractivity contribution < 1.29 is 18.8 Å². The molecule has 7 nitrogen and oxygen atoms in total. The maximum Gasteiger partial charge on any atom is 0.258 e. The molecule has 20 heavy (non-hydrogen) atoms. The zero-order chi connectivity index (χ0) is 14.4. The molecule has 7 heteroatoms. The van der Waals surface area contributed by atoms with Crippen molar-refractivity contribution >= 4 is 5.91 Å². The summed E-state index contributed by atoms with van der Waals surface area (Å²) in [5, 5.41) is 6.51. The maximum absolute atomic E-state index is 11.7. The number of nitrogens with zero attached hydrogens (tertiary/aromatic N) is 2. The molecule has 1 aliphatic heterocycles. The number of carbonyl (C=O) groups excluding carboxylic acids is 1. The smallest absolute Gasteiger partial charge is 0.258 e. The molecule has 2 heterocycles. The number of nitrogens with one attached hydrogen (secondary N) is 1. The van der Waals surface area contributed by atoms with E-state index in [2.05, 4.69) is 22.3 Å². The van der Waals surface area contributed by atoms with Crippen molar-refractivity contribution in [2.75, 3.05) is 39.5 Å². The summed E-state index contributed by atoms with van der Waals surface area (Å²) in [4.78, 5) is 14.0. The molecule has 1 atom stereocenters. The first kappa shape index (κ1) is 14.8. The van der Waals surface area contributed by atoms with Gasteiger partial charge < -0.3 is 19.3 Å². The van der Waals surface area contributed by atoms with Crippen LogP contribution in [-0.4, -0.2) is 61.5 Å². The van der Waals surface area contributed by atoms with Gasteiger partial charge in [0.05, 0.1) is 13.2 Å². The number of rotatable bonds is 6. The van der Waals surface area contributed by atoms with Gasteiger partial charge in [-0.05, 0) is 19.0 Å². The highest BCUT2D eigenvalue weighted by atomic mass is 16.5. The third-order valence-corrected chi connectivity index (χ3v) is 3.22. The molecule has 0 saturated carbocycles. The average Bonchev–Trinajstić information content (AvgIpc) is 2.89. The van der Waals surface area contributed by atoms with Crippen LogP contribution in [0.2, 0.25) is 0 Å². The van der Waals surface area contributed by atoms with E-state index in [0.717, 1.165) is 26.3 Å². The van der Waals surface area contributed by atoms with Gasteiger partial charge >= 0.3 is 0 Å². The lowest BCUT2D eigenvalue weighted by molar-refractivity contribution is -0.123. The van der Waals surface area contributed by atoms with Crippen molar-refractivity contribution in [2.45, 2.75) is 19.9 Å². The number of hydrogen-bond donors (Lipinski definition) is 1. The van der Waals surface area contributed by atoms with E-state index in [-0.39, 0.29) is 18.6 Å². The molecule has 1 fully saturated rings. The van der Waals surface area contributed by atoms with E-state index in [1.165, 1.54) is 0 Å². The van der Waals surface area contributed by atoms with Gasteiger partial charge in [-0.15, -0.1) is 0 Å². The van der Waals surface area contributed by atoms with E-state index in [9.17, 15) is 4.79 Å². The van der Waals surface area contributed by atoms with Crippen molar-refractivity contribution in [1.82, 2.24) is 15.4 Å². The number of ether oxygens (including phenoxy) is 2. The van der Waals surface area contributed by atoms with E-state index in [1.54, 1.807) is 13.0 Å². The minimum atomic E-state index is -0.161. The highest BCUT2D eigenvalue weighted by Gasteiger charge is 2.17. The van der Waals surface area contributed by atoms with E-state index in [0.29, 0.717) is 18.2 Å². The van der Waals surface area contributed by atoms with Crippen LogP contribution in [0.25, 0.3) is 0 Å². The Morgan fingerprint density at radius 3 is 2.95 bits per heavy atom. The molecule has 0 aliphatic carbocycles. The van der Waals surface area contributed by atoms with Gasteiger partial charge in [-0.3, -0.25) is 9.69 Å². The summed E-state index contributed by atoms with van der Waals surface area (Å²) in [5.74, 6) is 0.825. The van der Waals surface area contributed by atoms with Gasteiger partial charge in [0.25, 0.3) is 11.8 Å². The Morgan fingerprint density at radius 1 is 1.55 bits per heavy atom. The number of carbonyl (C=O) groups is 1. The third kappa shape index (κ3) is 4.50. The first-order valence-corrected chi connectivity index (χ1v) is 6.80. The molecule has 0 aromatic carbocycles. The van der Waals surface area contributed by atoms with Crippen LogP contribution in [0.5, 0.6) is 5.88 Å². The van der Waals surface area contributed by atoms with Crippen molar-refractivity contribution in [1.29, 1.82) is 0 Å². The highest BCUT2D eigenvalue weighted by molar-refractivity contribution is 5.77. The number of morpholine rings is 1. The predicted molar refractivity (Wildman–Crippen MR) is 71.6 cm³/mol. The Morgan fingerprint density at radius 2 is 2.30 bits per heavy atom. The molecule has 1 aromatic rings. The van der Waals surface area contributed by atoms with Crippen molar-refractivity contribution in [2.24, 2.45) is 0 Å². The van der Waals surface area contributed by atoms with Crippen molar-refractivity contribution in [3.8, 4) is 5.88 Å². The monoisotopic (exact) mass is 283 g/mol. The molecule has 1 amide bonds. The van der Waals surface area contributed by atoms with E-state index in [4.69, 9.17) is 14.0 Å². The van der Waals surface area contributed by atoms with Gasteiger partial charge in [-0.1, -0.05) is 0 Å². The Hall–Kier alpha value is -1.60. The quantitative estimate of drug-likeness (QED) is 0.803. The molecule has 1 unspecified atom stereocenters. The van der Waals surface area contributed by atoms with Gasteiger partial charge in [-0.2, -0.15) is 0 Å². The topological polar surface area (TPSA) is 76.8 Å². The third-order valence-electron chi connectivity index (χ3n) is 3.22. The first-order valence-electron chi connectivity index (χ1n) is 6.80. The second-order valence-corrected chi connectivity index (χ2v) is 4.87. The summed E-state index contributed by atoms with van der Waals surface area (Å²) in [7, 11) is 0. The number of hydrogen-bond acceptors (Lipinski definition) is 6. The minimum absolute atomic E-state index is 0.0538. The van der Waals surface area contributed by atoms with Crippen molar-refractivity contribution in [3.63, 3.8) is 0 Å². The van der Waals surface area contributed by atoms with Crippen LogP contribution in [0.4, 0.5) is 0 Å². The SMILES string of the molecule is Cc1cc(OCC(=O)NCC(C)N2CCOCC2)no1. The summed E-state index contributed by atoms with van der Waals surface area (Å²) < 4.78 is 15.4. The number of aromatic nitrogens is 1. The second kappa shape index (κ2) is 7.25. The fourth-order valence-electron chi connectivity index (χ4n) is 2.01. The highest BCUT2D eigenvalue weighted by Crippen LogP contribution is 2.09. The predicted octanol–water partition coefficient (Wildman–Crippen LogP) is 0.199. The molecular weight excluding hydrogens is 262 g/mol. The standard InChI is InChI=1S/C13H21N3O4/c1-10(16-3-5-18-6-4-16)8-14-12(17)9-19-13-7-11(2)20-15-13/h7,10H,3-6,8-9H2,1-2H3,(H,14,17). The summed E-state index contributed by atoms with van der Waals surface area (Å²) in [6.45, 7) is 7.73. The summed E-state index contributed by atoms with van der Waals surface area (Å²) in [5.41, 5.74) is 0. The largest absolute Gasteiger partial charge is 0.465 e. The van der Waals surface area contributed by atoms with Gasteiger partial charge in [0, 0.05) is 31.7 Å². The van der Waals surface area contributed by atoms with Crippen molar-refractivity contribution in [3.05, 3.63) is 11.8 Å². The van der Waals surface area contributed by atoms with Gasteiger partial charge in [0.1, 0.15) is 5.76 Å². The molecule has 1 saturated heterocycles. The zero-order valence-corrected chi connectivity index (χ0v) is 11.9. The number of amides is 1. The van der Waals surface area contributed by atoms with E-state index >= 15 is 0 Å². The summed E-state index contributed by atoms with van der Waals surface area (Å²) in [6, 6.07) is 1.93. The van der Waals surface area contributed by atoms with Crippen LogP contribution in [0, 0.1) is 6.92 Å². The Bertz CT molecular complexity index is 429. The van der Waals surface area contributed by atoms with Gasteiger partial charge in [0.2, 0.25) is 0 Å². The van der Waals surface area contributed by atoms with Crippen LogP contribution in [0.3, 0.4) is 0 Å². The molecule has 0 spiro atoms. The molecule has 1 N–H and O–H groups in total. The number of aryl methyl sites for hydroxylation is 1. The fraction of sp³-hybridized carbons (Fsp3) is 0.692. The van der Waals surface area contributed by atoms with E-state index < -0.39 is 0 Å². The van der Waals surface area contributed by atoms with Crippen LogP contribution < -0.4 is 10.1 Å². The molecule has 1 aromatic heterocycles. The maximum atomic E-state index is 11.7. The lowest BCUT2D eigenvalue weighted by Gasteiger charge is -2.32. The fourth-order valence-corrected chi connectivity index (χ4v) is 2.01. The van der Waals surface area contributed by atoms with Gasteiger partial charge in [0.15, 0.2) is 6.61 Å². The van der Waals surface area contributed by atoms with Crippen LogP contribution in [-0.2, 0) is 9.53 Å². The van der Waals surface area contributed by atoms with Crippen LogP contribution in [0.15, 0.2) is 10.6 Å². The van der Waals surface area contributed by atoms with Crippen LogP contribution >= 0.6 is 0 Å². The Labute approximate surface area is 118 Å². The molecule has 0 radical (unpaired) electrons. The minimum Gasteiger partial charge on any atom is -0.465 e. The second-order valence-electron chi connectivity index (χ2n) is 4.87. The normalized spacial score (nSPS) is 17.7.